The Balaban J connectivity index is 2.83. The Morgan fingerprint density at radius 3 is 2.76 bits per heavy atom. The number of nitriles is 2. The molecule has 0 aromatic heterocycles. The third kappa shape index (κ3) is 3.22. The van der Waals surface area contributed by atoms with E-state index in [0.29, 0.717) is 12.3 Å². The van der Waals surface area contributed by atoms with Gasteiger partial charge in [-0.2, -0.15) is 10.5 Å². The number of nitrogens with zero attached hydrogens (tertiary/aromatic N) is 2. The first-order chi connectivity index (χ1) is 8.22. The van der Waals surface area contributed by atoms with E-state index in [1.165, 1.54) is 0 Å². The van der Waals surface area contributed by atoms with Crippen LogP contribution in [0.15, 0.2) is 18.2 Å². The van der Waals surface area contributed by atoms with E-state index in [0.717, 1.165) is 0 Å². The molecule has 0 spiro atoms. The minimum Gasteiger partial charge on any atom is -0.465 e. The van der Waals surface area contributed by atoms with Crippen LogP contribution in [-0.4, -0.2) is 19.1 Å². The van der Waals surface area contributed by atoms with Gasteiger partial charge in [0.05, 0.1) is 23.4 Å². The van der Waals surface area contributed by atoms with Crippen molar-refractivity contribution in [3.05, 3.63) is 29.3 Å². The molecule has 5 nitrogen and oxygen atoms in total. The van der Waals surface area contributed by atoms with Crippen LogP contribution in [0.2, 0.25) is 0 Å². The predicted molar refractivity (Wildman–Crippen MR) is 61.0 cm³/mol. The fourth-order valence-electron chi connectivity index (χ4n) is 1.29. The first-order valence-electron chi connectivity index (χ1n) is 5.05. The number of rotatable bonds is 4. The molecule has 1 aromatic carbocycles. The lowest BCUT2D eigenvalue weighted by Crippen LogP contribution is -2.17. The number of benzene rings is 1. The van der Waals surface area contributed by atoms with Gasteiger partial charge < -0.3 is 10.1 Å². The molecule has 0 amide bonds. The fraction of sp³-hybridized carbons (Fsp3) is 0.250. The first kappa shape index (κ1) is 12.5. The van der Waals surface area contributed by atoms with Crippen molar-refractivity contribution in [1.82, 2.24) is 0 Å². The van der Waals surface area contributed by atoms with E-state index in [4.69, 9.17) is 15.3 Å². The Bertz CT molecular complexity index is 497. The highest BCUT2D eigenvalue weighted by atomic mass is 16.5. The topological polar surface area (TPSA) is 85.9 Å². The van der Waals surface area contributed by atoms with Gasteiger partial charge in [-0.1, -0.05) is 6.07 Å². The van der Waals surface area contributed by atoms with Crippen LogP contribution in [0.25, 0.3) is 0 Å². The van der Waals surface area contributed by atoms with Crippen LogP contribution >= 0.6 is 0 Å². The maximum absolute atomic E-state index is 11.1. The summed E-state index contributed by atoms with van der Waals surface area (Å²) < 4.78 is 4.74. The summed E-state index contributed by atoms with van der Waals surface area (Å²) in [6.07, 6.45) is 0. The predicted octanol–water partition coefficient (Wildman–Crippen LogP) is 1.40. The minimum absolute atomic E-state index is 0.0304. The fourth-order valence-corrected chi connectivity index (χ4v) is 1.29. The van der Waals surface area contributed by atoms with Crippen LogP contribution < -0.4 is 5.32 Å². The van der Waals surface area contributed by atoms with Gasteiger partial charge in [-0.05, 0) is 19.1 Å². The van der Waals surface area contributed by atoms with Gasteiger partial charge in [0.25, 0.3) is 0 Å². The van der Waals surface area contributed by atoms with Crippen molar-refractivity contribution >= 4 is 11.7 Å². The molecule has 0 unspecified atom stereocenters. The van der Waals surface area contributed by atoms with Gasteiger partial charge in [0.15, 0.2) is 0 Å². The second kappa shape index (κ2) is 6.14. The summed E-state index contributed by atoms with van der Waals surface area (Å²) in [6.45, 7) is 2.00. The first-order valence-corrected chi connectivity index (χ1v) is 5.05. The van der Waals surface area contributed by atoms with E-state index < -0.39 is 5.97 Å². The molecule has 0 atom stereocenters. The van der Waals surface area contributed by atoms with Crippen LogP contribution in [0.4, 0.5) is 5.69 Å². The number of esters is 1. The van der Waals surface area contributed by atoms with E-state index in [1.54, 1.807) is 25.1 Å². The Hall–Kier alpha value is -2.53. The SMILES string of the molecule is CCOC(=O)CNc1cccc(C#N)c1C#N. The molecule has 17 heavy (non-hydrogen) atoms. The molecule has 1 N–H and O–H groups in total. The highest BCUT2D eigenvalue weighted by Gasteiger charge is 2.08. The zero-order chi connectivity index (χ0) is 12.7. The molecule has 86 valence electrons. The summed E-state index contributed by atoms with van der Waals surface area (Å²) in [5.74, 6) is -0.404. The molecule has 0 aliphatic heterocycles. The van der Waals surface area contributed by atoms with Crippen molar-refractivity contribution in [2.75, 3.05) is 18.5 Å². The molecule has 0 saturated heterocycles. The molecule has 5 heteroatoms. The van der Waals surface area contributed by atoms with E-state index in [-0.39, 0.29) is 17.7 Å². The van der Waals surface area contributed by atoms with Gasteiger partial charge in [0, 0.05) is 0 Å². The number of hydrogen-bond acceptors (Lipinski definition) is 5. The van der Waals surface area contributed by atoms with Crippen molar-refractivity contribution < 1.29 is 9.53 Å². The van der Waals surface area contributed by atoms with E-state index in [9.17, 15) is 4.79 Å². The molecule has 0 saturated carbocycles. The normalized spacial score (nSPS) is 8.88. The summed E-state index contributed by atoms with van der Waals surface area (Å²) in [7, 11) is 0. The molecule has 0 aliphatic carbocycles. The number of carbonyl (C=O) groups excluding carboxylic acids is 1. The molecule has 1 aromatic rings. The lowest BCUT2D eigenvalue weighted by molar-refractivity contribution is -0.140. The molecule has 0 aliphatic rings. The Morgan fingerprint density at radius 2 is 2.18 bits per heavy atom. The zero-order valence-corrected chi connectivity index (χ0v) is 9.36. The number of nitrogens with one attached hydrogen (secondary N) is 1. The van der Waals surface area contributed by atoms with Crippen LogP contribution in [0.3, 0.4) is 0 Å². The third-order valence-corrected chi connectivity index (χ3v) is 2.03. The smallest absolute Gasteiger partial charge is 0.325 e. The van der Waals surface area contributed by atoms with E-state index >= 15 is 0 Å². The Labute approximate surface area is 99.2 Å². The largest absolute Gasteiger partial charge is 0.465 e. The van der Waals surface area contributed by atoms with Crippen LogP contribution in [0, 0.1) is 22.7 Å². The number of ether oxygens (including phenoxy) is 1. The molecule has 0 bridgehead atoms. The average molecular weight is 229 g/mol. The monoisotopic (exact) mass is 229 g/mol. The maximum Gasteiger partial charge on any atom is 0.325 e. The second-order valence-electron chi connectivity index (χ2n) is 3.11. The number of anilines is 1. The maximum atomic E-state index is 11.1. The molecule has 0 heterocycles. The summed E-state index contributed by atoms with van der Waals surface area (Å²) >= 11 is 0. The zero-order valence-electron chi connectivity index (χ0n) is 9.36. The molecular weight excluding hydrogens is 218 g/mol. The highest BCUT2D eigenvalue weighted by Crippen LogP contribution is 2.18. The van der Waals surface area contributed by atoms with Gasteiger partial charge in [0.2, 0.25) is 0 Å². The van der Waals surface area contributed by atoms with Crippen molar-refractivity contribution in [2.24, 2.45) is 0 Å². The summed E-state index contributed by atoms with van der Waals surface area (Å²) in [6, 6.07) is 8.69. The summed E-state index contributed by atoms with van der Waals surface area (Å²) in [5, 5.41) is 20.5. The van der Waals surface area contributed by atoms with Crippen LogP contribution in [-0.2, 0) is 9.53 Å². The van der Waals surface area contributed by atoms with Crippen molar-refractivity contribution in [1.29, 1.82) is 10.5 Å². The molecule has 0 fully saturated rings. The molecule has 0 radical (unpaired) electrons. The summed E-state index contributed by atoms with van der Waals surface area (Å²) in [4.78, 5) is 11.1. The Morgan fingerprint density at radius 1 is 1.41 bits per heavy atom. The Kier molecular flexibility index (Phi) is 4.53. The standard InChI is InChI=1S/C12H11N3O2/c1-2-17-12(16)8-15-11-5-3-4-9(6-13)10(11)7-14/h3-5,15H,2,8H2,1H3. The minimum atomic E-state index is -0.404. The molecule has 1 rings (SSSR count). The van der Waals surface area contributed by atoms with E-state index in [1.807, 2.05) is 12.1 Å². The third-order valence-electron chi connectivity index (χ3n) is 2.03. The second-order valence-corrected chi connectivity index (χ2v) is 3.11. The average Bonchev–Trinajstić information content (AvgIpc) is 2.36. The van der Waals surface area contributed by atoms with Crippen molar-refractivity contribution in [3.8, 4) is 12.1 Å². The van der Waals surface area contributed by atoms with Gasteiger partial charge >= 0.3 is 5.97 Å². The van der Waals surface area contributed by atoms with Gasteiger partial charge in [-0.25, -0.2) is 0 Å². The van der Waals surface area contributed by atoms with Crippen molar-refractivity contribution in [2.45, 2.75) is 6.92 Å². The highest BCUT2D eigenvalue weighted by molar-refractivity contribution is 5.76. The van der Waals surface area contributed by atoms with Gasteiger partial charge in [-0.15, -0.1) is 0 Å². The summed E-state index contributed by atoms with van der Waals surface area (Å²) in [5.41, 5.74) is 0.972. The lowest BCUT2D eigenvalue weighted by atomic mass is 10.1. The van der Waals surface area contributed by atoms with Gasteiger partial charge in [-0.3, -0.25) is 4.79 Å². The van der Waals surface area contributed by atoms with Crippen LogP contribution in [0.5, 0.6) is 0 Å². The number of carbonyl (C=O) groups is 1. The lowest BCUT2D eigenvalue weighted by Gasteiger charge is -2.08. The molecular formula is C12H11N3O2. The van der Waals surface area contributed by atoms with Gasteiger partial charge in [0.1, 0.15) is 18.7 Å². The van der Waals surface area contributed by atoms with E-state index in [2.05, 4.69) is 5.32 Å². The van der Waals surface area contributed by atoms with Crippen molar-refractivity contribution in [3.63, 3.8) is 0 Å². The quantitative estimate of drug-likeness (QED) is 0.789. The van der Waals surface area contributed by atoms with Crippen LogP contribution in [0.1, 0.15) is 18.1 Å². The number of hydrogen-bond donors (Lipinski definition) is 1.